The summed E-state index contributed by atoms with van der Waals surface area (Å²) in [7, 11) is 4.11. The molecule has 4 aliphatic rings. The Balaban J connectivity index is 0.000000162. The lowest BCUT2D eigenvalue weighted by Gasteiger charge is -2.42. The number of benzene rings is 2. The van der Waals surface area contributed by atoms with Crippen molar-refractivity contribution in [2.24, 2.45) is 23.7 Å². The van der Waals surface area contributed by atoms with Crippen LogP contribution in [0.1, 0.15) is 60.8 Å². The Labute approximate surface area is 306 Å². The van der Waals surface area contributed by atoms with Crippen LogP contribution in [0, 0.1) is 46.3 Å². The van der Waals surface area contributed by atoms with E-state index in [0.717, 1.165) is 87.0 Å². The second-order valence-corrected chi connectivity index (χ2v) is 15.8. The van der Waals surface area contributed by atoms with Gasteiger partial charge < -0.3 is 19.6 Å². The number of hydrogen-bond donors (Lipinski definition) is 0. The number of rotatable bonds is 4. The van der Waals surface area contributed by atoms with Crippen molar-refractivity contribution in [3.63, 3.8) is 0 Å². The number of nitrogens with zero attached hydrogens (tertiary/aromatic N) is 8. The van der Waals surface area contributed by atoms with Crippen LogP contribution in [0.2, 0.25) is 0 Å². The van der Waals surface area contributed by atoms with Gasteiger partial charge in [-0.05, 0) is 74.2 Å². The van der Waals surface area contributed by atoms with Crippen molar-refractivity contribution in [1.82, 2.24) is 29.6 Å². The molecule has 2 aromatic heterocycles. The fourth-order valence-electron chi connectivity index (χ4n) is 9.02. The number of aromatic nitrogens is 2. The van der Waals surface area contributed by atoms with E-state index < -0.39 is 0 Å². The first-order valence-electron chi connectivity index (χ1n) is 18.6. The normalized spacial score (nSPS) is 24.3. The fourth-order valence-corrected chi connectivity index (χ4v) is 9.02. The van der Waals surface area contributed by atoms with Crippen molar-refractivity contribution in [2.75, 3.05) is 66.5 Å². The van der Waals surface area contributed by atoms with E-state index in [1.165, 1.54) is 11.1 Å². The van der Waals surface area contributed by atoms with Gasteiger partial charge in [-0.25, -0.2) is 0 Å². The fraction of sp³-hybridized carbons (Fsp3) is 0.476. The zero-order valence-electron chi connectivity index (χ0n) is 30.7. The van der Waals surface area contributed by atoms with E-state index in [1.54, 1.807) is 12.4 Å². The molecule has 4 atom stereocenters. The van der Waals surface area contributed by atoms with Crippen LogP contribution in [0.3, 0.4) is 0 Å². The topological polar surface area (TPSA) is 120 Å². The standard InChI is InChI=1S/2C21H24N4O/c2*1-14-8-16(13-25(10-14)21(26)17-11-24(2)12-17)18-6-5-15(9-22)20-19(18)4-3-7-23-20/h2*3-7,14,16-17H,8,10-13H2,1-2H3/t14-,16+;14-,16-/m11/s1. The molecule has 6 heterocycles. The van der Waals surface area contributed by atoms with Crippen molar-refractivity contribution in [1.29, 1.82) is 10.5 Å². The Morgan fingerprint density at radius 1 is 0.615 bits per heavy atom. The summed E-state index contributed by atoms with van der Waals surface area (Å²) in [5.74, 6) is 2.44. The Hall–Kier alpha value is -4.90. The summed E-state index contributed by atoms with van der Waals surface area (Å²) in [5, 5.41) is 20.8. The highest BCUT2D eigenvalue weighted by molar-refractivity contribution is 5.89. The van der Waals surface area contributed by atoms with Gasteiger partial charge in [-0.1, -0.05) is 38.1 Å². The van der Waals surface area contributed by atoms with Crippen LogP contribution in [0.15, 0.2) is 60.9 Å². The summed E-state index contributed by atoms with van der Waals surface area (Å²) in [6.07, 6.45) is 5.59. The molecule has 0 saturated carbocycles. The van der Waals surface area contributed by atoms with Gasteiger partial charge in [0, 0.05) is 87.4 Å². The highest BCUT2D eigenvalue weighted by atomic mass is 16.2. The Morgan fingerprint density at radius 3 is 1.38 bits per heavy atom. The molecule has 0 N–H and O–H groups in total. The Kier molecular flexibility index (Phi) is 10.2. The van der Waals surface area contributed by atoms with Crippen LogP contribution < -0.4 is 0 Å². The average Bonchev–Trinajstić information content (AvgIpc) is 3.13. The molecule has 4 aliphatic heterocycles. The maximum atomic E-state index is 12.9. The molecule has 4 saturated heterocycles. The summed E-state index contributed by atoms with van der Waals surface area (Å²) in [6.45, 7) is 11.2. The molecule has 2 amide bonds. The maximum Gasteiger partial charge on any atom is 0.228 e. The van der Waals surface area contributed by atoms with Gasteiger partial charge in [0.25, 0.3) is 0 Å². The molecule has 52 heavy (non-hydrogen) atoms. The molecule has 8 rings (SSSR count). The highest BCUT2D eigenvalue weighted by Crippen LogP contribution is 2.37. The van der Waals surface area contributed by atoms with E-state index in [1.807, 2.05) is 36.4 Å². The van der Waals surface area contributed by atoms with E-state index >= 15 is 0 Å². The molecule has 10 nitrogen and oxygen atoms in total. The van der Waals surface area contributed by atoms with E-state index in [0.29, 0.717) is 46.6 Å². The SMILES string of the molecule is C[C@@H]1C[C@@H](c2ccc(C#N)c3ncccc23)CN(C(=O)C2CN(C)C2)C1.C[C@@H]1C[C@H](c2ccc(C#N)c3ncccc23)CN(C(=O)C2CN(C)C2)C1. The lowest BCUT2D eigenvalue weighted by atomic mass is 9.82. The number of hydrogen-bond acceptors (Lipinski definition) is 8. The van der Waals surface area contributed by atoms with Gasteiger partial charge in [0.05, 0.1) is 34.0 Å². The average molecular weight is 697 g/mol. The predicted octanol–water partition coefficient (Wildman–Crippen LogP) is 5.24. The molecule has 2 aromatic carbocycles. The van der Waals surface area contributed by atoms with Gasteiger partial charge in [0.15, 0.2) is 0 Å². The molecule has 4 fully saturated rings. The number of carbonyl (C=O) groups excluding carboxylic acids is 2. The van der Waals surface area contributed by atoms with Crippen LogP contribution in [-0.4, -0.2) is 108 Å². The first kappa shape index (κ1) is 35.5. The van der Waals surface area contributed by atoms with Gasteiger partial charge in [0.1, 0.15) is 12.1 Å². The molecule has 0 radical (unpaired) electrons. The highest BCUT2D eigenvalue weighted by Gasteiger charge is 2.38. The molecule has 4 aromatic rings. The van der Waals surface area contributed by atoms with Crippen LogP contribution in [0.25, 0.3) is 21.8 Å². The van der Waals surface area contributed by atoms with Crippen molar-refractivity contribution >= 4 is 33.6 Å². The van der Waals surface area contributed by atoms with Crippen LogP contribution in [-0.2, 0) is 9.59 Å². The van der Waals surface area contributed by atoms with Crippen molar-refractivity contribution in [3.8, 4) is 12.1 Å². The molecule has 0 unspecified atom stereocenters. The predicted molar refractivity (Wildman–Crippen MR) is 201 cm³/mol. The van der Waals surface area contributed by atoms with Crippen molar-refractivity contribution in [3.05, 3.63) is 83.2 Å². The minimum atomic E-state index is 0.158. The summed E-state index contributed by atoms with van der Waals surface area (Å²) in [5.41, 5.74) is 5.18. The zero-order valence-corrected chi connectivity index (χ0v) is 30.7. The summed E-state index contributed by atoms with van der Waals surface area (Å²) < 4.78 is 0. The van der Waals surface area contributed by atoms with Gasteiger partial charge >= 0.3 is 0 Å². The van der Waals surface area contributed by atoms with Crippen molar-refractivity contribution < 1.29 is 9.59 Å². The van der Waals surface area contributed by atoms with E-state index in [2.05, 4.69) is 81.8 Å². The minimum absolute atomic E-state index is 0.158. The van der Waals surface area contributed by atoms with Crippen LogP contribution >= 0.6 is 0 Å². The number of carbonyl (C=O) groups is 2. The number of fused-ring (bicyclic) bond motifs is 2. The number of nitriles is 2. The summed E-state index contributed by atoms with van der Waals surface area (Å²) >= 11 is 0. The zero-order chi connectivity index (χ0) is 36.5. The van der Waals surface area contributed by atoms with E-state index in [9.17, 15) is 20.1 Å². The molecule has 0 bridgehead atoms. The molecular formula is C42H48N8O2. The van der Waals surface area contributed by atoms with E-state index in [-0.39, 0.29) is 11.8 Å². The lowest BCUT2D eigenvalue weighted by Crippen LogP contribution is -2.55. The Bertz CT molecular complexity index is 1910. The van der Waals surface area contributed by atoms with Gasteiger partial charge in [0.2, 0.25) is 11.8 Å². The smallest absolute Gasteiger partial charge is 0.228 e. The molecule has 0 aliphatic carbocycles. The third-order valence-corrected chi connectivity index (χ3v) is 11.5. The van der Waals surface area contributed by atoms with Gasteiger partial charge in [-0.3, -0.25) is 19.6 Å². The first-order valence-corrected chi connectivity index (χ1v) is 18.6. The molecule has 10 heteroatoms. The Morgan fingerprint density at radius 2 is 1.02 bits per heavy atom. The number of amides is 2. The molecular weight excluding hydrogens is 649 g/mol. The molecule has 268 valence electrons. The lowest BCUT2D eigenvalue weighted by molar-refractivity contribution is -0.143. The second kappa shape index (κ2) is 15.0. The summed E-state index contributed by atoms with van der Waals surface area (Å²) in [4.78, 5) is 43.1. The number of piperidine rings is 2. The minimum Gasteiger partial charge on any atom is -0.341 e. The quantitative estimate of drug-likeness (QED) is 0.284. The third-order valence-electron chi connectivity index (χ3n) is 11.5. The molecule has 0 spiro atoms. The van der Waals surface area contributed by atoms with Crippen LogP contribution in [0.5, 0.6) is 0 Å². The first-order chi connectivity index (χ1) is 25.1. The monoisotopic (exact) mass is 696 g/mol. The maximum absolute atomic E-state index is 12.9. The van der Waals surface area contributed by atoms with Crippen molar-refractivity contribution in [2.45, 2.75) is 38.5 Å². The summed E-state index contributed by atoms with van der Waals surface area (Å²) in [6, 6.07) is 20.3. The van der Waals surface area contributed by atoms with Gasteiger partial charge in [-0.15, -0.1) is 0 Å². The van der Waals surface area contributed by atoms with Crippen LogP contribution in [0.4, 0.5) is 0 Å². The van der Waals surface area contributed by atoms with E-state index in [4.69, 9.17) is 0 Å². The largest absolute Gasteiger partial charge is 0.341 e. The number of pyridine rings is 2. The third kappa shape index (κ3) is 7.11. The number of likely N-dealkylation sites (tertiary alicyclic amines) is 4. The second-order valence-electron chi connectivity index (χ2n) is 15.8. The van der Waals surface area contributed by atoms with Gasteiger partial charge in [-0.2, -0.15) is 10.5 Å².